The lowest BCUT2D eigenvalue weighted by Crippen LogP contribution is -2.34. The Bertz CT molecular complexity index is 710. The molecule has 2 rings (SSSR count). The fourth-order valence-corrected chi connectivity index (χ4v) is 4.77. The Balaban J connectivity index is 1.91. The van der Waals surface area contributed by atoms with E-state index in [9.17, 15) is 13.2 Å². The van der Waals surface area contributed by atoms with Crippen LogP contribution in [0.5, 0.6) is 0 Å². The van der Waals surface area contributed by atoms with Gasteiger partial charge < -0.3 is 5.32 Å². The molecule has 0 radical (unpaired) electrons. The molecule has 0 aliphatic heterocycles. The minimum atomic E-state index is -3.40. The number of anilines is 1. The molecule has 0 spiro atoms. The Morgan fingerprint density at radius 1 is 1.19 bits per heavy atom. The van der Waals surface area contributed by atoms with Gasteiger partial charge in [-0.1, -0.05) is 51.3 Å². The first-order valence-corrected chi connectivity index (χ1v) is 12.0. The highest BCUT2D eigenvalue weighted by Gasteiger charge is 2.21. The number of para-hydroxylation sites is 1. The van der Waals surface area contributed by atoms with Gasteiger partial charge in [-0.2, -0.15) is 0 Å². The smallest absolute Gasteiger partial charge is 0.232 e. The summed E-state index contributed by atoms with van der Waals surface area (Å²) in [5.41, 5.74) is 1.72. The van der Waals surface area contributed by atoms with Crippen molar-refractivity contribution >= 4 is 21.6 Å². The third kappa shape index (κ3) is 6.83. The maximum Gasteiger partial charge on any atom is 0.232 e. The van der Waals surface area contributed by atoms with Gasteiger partial charge >= 0.3 is 0 Å². The largest absolute Gasteiger partial charge is 0.356 e. The van der Waals surface area contributed by atoms with Crippen molar-refractivity contribution in [2.45, 2.75) is 64.7 Å². The van der Waals surface area contributed by atoms with Crippen molar-refractivity contribution < 1.29 is 13.2 Å². The Hall–Kier alpha value is -1.56. The van der Waals surface area contributed by atoms with Crippen molar-refractivity contribution in [3.8, 4) is 0 Å². The predicted octanol–water partition coefficient (Wildman–Crippen LogP) is 4.05. The van der Waals surface area contributed by atoms with E-state index in [0.29, 0.717) is 25.3 Å². The summed E-state index contributed by atoms with van der Waals surface area (Å²) in [4.78, 5) is 12.1. The molecule has 1 N–H and O–H groups in total. The van der Waals surface area contributed by atoms with Crippen LogP contribution in [0.1, 0.15) is 70.3 Å². The Kier molecular flexibility index (Phi) is 8.14. The summed E-state index contributed by atoms with van der Waals surface area (Å²) in [7, 11) is -3.40. The lowest BCUT2D eigenvalue weighted by molar-refractivity contribution is -0.121. The van der Waals surface area contributed by atoms with Crippen LogP contribution in [0, 0.1) is 5.92 Å². The molecule has 0 unspecified atom stereocenters. The Morgan fingerprint density at radius 2 is 1.85 bits per heavy atom. The fraction of sp³-hybridized carbons (Fsp3) is 0.667. The quantitative estimate of drug-likeness (QED) is 0.687. The highest BCUT2D eigenvalue weighted by atomic mass is 32.2. The molecule has 1 aliphatic rings. The van der Waals surface area contributed by atoms with Crippen LogP contribution in [0.25, 0.3) is 0 Å². The third-order valence-corrected chi connectivity index (χ3v) is 6.49. The topological polar surface area (TPSA) is 66.5 Å². The number of nitrogens with one attached hydrogen (secondary N) is 1. The molecule has 1 aromatic carbocycles. The SMILES string of the molecule is CC(C)c1ccccc1N(CCCC(=O)NCC1CCCCC1)S(C)(=O)=O. The van der Waals surface area contributed by atoms with E-state index in [0.717, 1.165) is 17.8 Å². The molecule has 1 amide bonds. The van der Waals surface area contributed by atoms with Crippen LogP contribution in [0.2, 0.25) is 0 Å². The first-order chi connectivity index (χ1) is 12.8. The molecular formula is C21H34N2O3S. The van der Waals surface area contributed by atoms with Crippen molar-refractivity contribution in [2.24, 2.45) is 5.92 Å². The number of hydrogen-bond acceptors (Lipinski definition) is 3. The molecule has 0 aromatic heterocycles. The van der Waals surface area contributed by atoms with E-state index in [1.165, 1.54) is 42.7 Å². The molecule has 152 valence electrons. The summed E-state index contributed by atoms with van der Waals surface area (Å²) in [6.45, 7) is 5.18. The zero-order valence-corrected chi connectivity index (χ0v) is 17.7. The number of carbonyl (C=O) groups excluding carboxylic acids is 1. The van der Waals surface area contributed by atoms with Crippen LogP contribution in [0.3, 0.4) is 0 Å². The van der Waals surface area contributed by atoms with Crippen molar-refractivity contribution in [3.05, 3.63) is 29.8 Å². The zero-order chi connectivity index (χ0) is 19.9. The van der Waals surface area contributed by atoms with Crippen LogP contribution >= 0.6 is 0 Å². The number of amides is 1. The molecule has 1 fully saturated rings. The van der Waals surface area contributed by atoms with Crippen molar-refractivity contribution in [1.29, 1.82) is 0 Å². The minimum absolute atomic E-state index is 0.0196. The summed E-state index contributed by atoms with van der Waals surface area (Å²) in [6.07, 6.45) is 8.33. The molecule has 0 atom stereocenters. The van der Waals surface area contributed by atoms with Crippen molar-refractivity contribution in [3.63, 3.8) is 0 Å². The molecule has 0 heterocycles. The second-order valence-corrected chi connectivity index (χ2v) is 9.87. The highest BCUT2D eigenvalue weighted by Crippen LogP contribution is 2.29. The summed E-state index contributed by atoms with van der Waals surface area (Å²) in [6, 6.07) is 7.60. The van der Waals surface area contributed by atoms with Gasteiger partial charge in [0.05, 0.1) is 11.9 Å². The molecule has 5 nitrogen and oxygen atoms in total. The van der Waals surface area contributed by atoms with Crippen LogP contribution in [0.4, 0.5) is 5.69 Å². The second-order valence-electron chi connectivity index (χ2n) is 7.96. The van der Waals surface area contributed by atoms with E-state index >= 15 is 0 Å². The normalized spacial score (nSPS) is 15.7. The third-order valence-electron chi connectivity index (χ3n) is 5.31. The lowest BCUT2D eigenvalue weighted by atomic mass is 9.89. The summed E-state index contributed by atoms with van der Waals surface area (Å²) in [5.74, 6) is 0.851. The first-order valence-electron chi connectivity index (χ1n) is 10.1. The van der Waals surface area contributed by atoms with Crippen molar-refractivity contribution in [1.82, 2.24) is 5.32 Å². The molecule has 0 bridgehead atoms. The van der Waals surface area contributed by atoms with E-state index in [1.54, 1.807) is 0 Å². The number of hydrogen-bond donors (Lipinski definition) is 1. The summed E-state index contributed by atoms with van der Waals surface area (Å²) >= 11 is 0. The predicted molar refractivity (Wildman–Crippen MR) is 112 cm³/mol. The van der Waals surface area contributed by atoms with Crippen LogP contribution in [-0.2, 0) is 14.8 Å². The van der Waals surface area contributed by atoms with Gasteiger partial charge in [0.2, 0.25) is 15.9 Å². The maximum absolute atomic E-state index is 12.3. The van der Waals surface area contributed by atoms with Crippen LogP contribution < -0.4 is 9.62 Å². The van der Waals surface area contributed by atoms with Gasteiger partial charge in [0.1, 0.15) is 0 Å². The second kappa shape index (κ2) is 10.1. The highest BCUT2D eigenvalue weighted by molar-refractivity contribution is 7.92. The average molecular weight is 395 g/mol. The standard InChI is InChI=1S/C21H34N2O3S/c1-17(2)19-12-7-8-13-20(19)23(27(3,25)26)15-9-14-21(24)22-16-18-10-5-4-6-11-18/h7-8,12-13,17-18H,4-6,9-11,14-16H2,1-3H3,(H,22,24). The minimum Gasteiger partial charge on any atom is -0.356 e. The van der Waals surface area contributed by atoms with Gasteiger partial charge in [-0.3, -0.25) is 9.10 Å². The van der Waals surface area contributed by atoms with E-state index in [1.807, 2.05) is 24.3 Å². The molecule has 1 saturated carbocycles. The van der Waals surface area contributed by atoms with Gasteiger partial charge in [-0.15, -0.1) is 0 Å². The molecular weight excluding hydrogens is 360 g/mol. The van der Waals surface area contributed by atoms with Gasteiger partial charge in [0, 0.05) is 19.5 Å². The Labute approximate surface area is 164 Å². The molecule has 0 saturated heterocycles. The monoisotopic (exact) mass is 394 g/mol. The van der Waals surface area contributed by atoms with Gasteiger partial charge in [0.15, 0.2) is 0 Å². The van der Waals surface area contributed by atoms with Gasteiger partial charge in [0.25, 0.3) is 0 Å². The fourth-order valence-electron chi connectivity index (χ4n) is 3.79. The van der Waals surface area contributed by atoms with Gasteiger partial charge in [-0.05, 0) is 42.7 Å². The number of rotatable bonds is 9. The molecule has 1 aromatic rings. The molecule has 27 heavy (non-hydrogen) atoms. The number of benzene rings is 1. The first kappa shape index (κ1) is 21.7. The van der Waals surface area contributed by atoms with Crippen LogP contribution in [-0.4, -0.2) is 33.7 Å². The van der Waals surface area contributed by atoms with E-state index in [4.69, 9.17) is 0 Å². The van der Waals surface area contributed by atoms with Crippen molar-refractivity contribution in [2.75, 3.05) is 23.7 Å². The van der Waals surface area contributed by atoms with E-state index in [-0.39, 0.29) is 11.8 Å². The van der Waals surface area contributed by atoms with E-state index < -0.39 is 10.0 Å². The summed E-state index contributed by atoms with van der Waals surface area (Å²) < 4.78 is 26.1. The number of nitrogens with zero attached hydrogens (tertiary/aromatic N) is 1. The van der Waals surface area contributed by atoms with Crippen LogP contribution in [0.15, 0.2) is 24.3 Å². The maximum atomic E-state index is 12.3. The summed E-state index contributed by atoms with van der Waals surface area (Å²) in [5, 5.41) is 3.03. The molecule has 6 heteroatoms. The lowest BCUT2D eigenvalue weighted by Gasteiger charge is -2.26. The van der Waals surface area contributed by atoms with Gasteiger partial charge in [-0.25, -0.2) is 8.42 Å². The average Bonchev–Trinajstić information content (AvgIpc) is 2.63. The molecule has 1 aliphatic carbocycles. The van der Waals surface area contributed by atoms with E-state index in [2.05, 4.69) is 19.2 Å². The number of carbonyl (C=O) groups is 1. The zero-order valence-electron chi connectivity index (χ0n) is 16.9. The number of sulfonamides is 1. The Morgan fingerprint density at radius 3 is 2.48 bits per heavy atom.